The van der Waals surface area contributed by atoms with Gasteiger partial charge in [0, 0.05) is 29.6 Å². The van der Waals surface area contributed by atoms with Crippen molar-refractivity contribution in [1.82, 2.24) is 9.69 Å². The van der Waals surface area contributed by atoms with Gasteiger partial charge in [0.25, 0.3) is 0 Å². The summed E-state index contributed by atoms with van der Waals surface area (Å²) in [6.45, 7) is 9.30. The molecule has 0 saturated carbocycles. The fraction of sp³-hybridized carbons (Fsp3) is 0.769. The quantitative estimate of drug-likeness (QED) is 0.897. The van der Waals surface area contributed by atoms with E-state index in [2.05, 4.69) is 30.5 Å². The van der Waals surface area contributed by atoms with E-state index >= 15 is 0 Å². The summed E-state index contributed by atoms with van der Waals surface area (Å²) >= 11 is 1.60. The second-order valence-corrected chi connectivity index (χ2v) is 5.93. The van der Waals surface area contributed by atoms with Crippen LogP contribution in [0.4, 0.5) is 0 Å². The van der Waals surface area contributed by atoms with E-state index in [1.807, 2.05) is 0 Å². The van der Waals surface area contributed by atoms with Crippen molar-refractivity contribution in [1.29, 1.82) is 0 Å². The lowest BCUT2D eigenvalue weighted by Crippen LogP contribution is -2.37. The third kappa shape index (κ3) is 3.27. The first kappa shape index (κ1) is 13.0. The van der Waals surface area contributed by atoms with Gasteiger partial charge in [-0.2, -0.15) is 4.37 Å². The Balaban J connectivity index is 1.85. The van der Waals surface area contributed by atoms with E-state index < -0.39 is 0 Å². The lowest BCUT2D eigenvalue weighted by Gasteiger charge is -2.28. The van der Waals surface area contributed by atoms with Crippen LogP contribution < -0.4 is 5.32 Å². The molecule has 0 aliphatic carbocycles. The van der Waals surface area contributed by atoms with E-state index in [4.69, 9.17) is 4.74 Å². The Hall–Kier alpha value is -0.450. The predicted octanol–water partition coefficient (Wildman–Crippen LogP) is 2.66. The average Bonchev–Trinajstić information content (AvgIpc) is 2.67. The third-order valence-corrected chi connectivity index (χ3v) is 4.57. The molecule has 2 atom stereocenters. The molecule has 0 unspecified atom stereocenters. The van der Waals surface area contributed by atoms with Crippen molar-refractivity contribution in [2.75, 3.05) is 13.2 Å². The van der Waals surface area contributed by atoms with Crippen LogP contribution in [0.2, 0.25) is 0 Å². The topological polar surface area (TPSA) is 34.2 Å². The molecule has 1 aromatic rings. The fourth-order valence-corrected chi connectivity index (χ4v) is 3.06. The monoisotopic (exact) mass is 254 g/mol. The van der Waals surface area contributed by atoms with E-state index in [-0.39, 0.29) is 0 Å². The molecule has 4 heteroatoms. The van der Waals surface area contributed by atoms with Crippen molar-refractivity contribution in [3.8, 4) is 0 Å². The SMILES string of the molecule is Cc1nsc(C)c1CN[C@@H](C)[C@H]1CCCOC1. The summed E-state index contributed by atoms with van der Waals surface area (Å²) in [5.74, 6) is 0.663. The van der Waals surface area contributed by atoms with Gasteiger partial charge in [0.1, 0.15) is 0 Å². The molecule has 1 N–H and O–H groups in total. The standard InChI is InChI=1S/C13H22N2OS/c1-9(12-5-4-6-16-8-12)14-7-13-10(2)15-17-11(13)3/h9,12,14H,4-8H2,1-3H3/t9-,12-/m0/s1. The molecule has 2 heterocycles. The van der Waals surface area contributed by atoms with Crippen molar-refractivity contribution in [3.05, 3.63) is 16.1 Å². The second-order valence-electron chi connectivity index (χ2n) is 4.95. The van der Waals surface area contributed by atoms with E-state index in [0.29, 0.717) is 12.0 Å². The molecule has 0 radical (unpaired) electrons. The molecular formula is C13H22N2OS. The van der Waals surface area contributed by atoms with E-state index in [1.54, 1.807) is 11.5 Å². The van der Waals surface area contributed by atoms with Crippen LogP contribution in [0.15, 0.2) is 0 Å². The van der Waals surface area contributed by atoms with Crippen LogP contribution >= 0.6 is 11.5 Å². The lowest BCUT2D eigenvalue weighted by molar-refractivity contribution is 0.0417. The van der Waals surface area contributed by atoms with Gasteiger partial charge in [-0.15, -0.1) is 0 Å². The van der Waals surface area contributed by atoms with Gasteiger partial charge in [-0.3, -0.25) is 0 Å². The zero-order chi connectivity index (χ0) is 12.3. The molecule has 3 nitrogen and oxygen atoms in total. The fourth-order valence-electron chi connectivity index (χ4n) is 2.34. The Bertz CT molecular complexity index is 339. The lowest BCUT2D eigenvalue weighted by atomic mass is 9.95. The highest BCUT2D eigenvalue weighted by atomic mass is 32.1. The maximum absolute atomic E-state index is 5.54. The summed E-state index contributed by atoms with van der Waals surface area (Å²) in [7, 11) is 0. The Morgan fingerprint density at radius 1 is 1.53 bits per heavy atom. The Morgan fingerprint density at radius 3 is 2.94 bits per heavy atom. The molecule has 2 rings (SSSR count). The molecule has 1 fully saturated rings. The molecule has 17 heavy (non-hydrogen) atoms. The molecule has 0 bridgehead atoms. The van der Waals surface area contributed by atoms with Gasteiger partial charge in [0.2, 0.25) is 0 Å². The number of nitrogens with one attached hydrogen (secondary N) is 1. The third-order valence-electron chi connectivity index (χ3n) is 3.68. The van der Waals surface area contributed by atoms with Crippen molar-refractivity contribution < 1.29 is 4.74 Å². The number of aryl methyl sites for hydroxylation is 2. The Kier molecular flexibility index (Phi) is 4.54. The summed E-state index contributed by atoms with van der Waals surface area (Å²) in [4.78, 5) is 1.34. The first-order chi connectivity index (χ1) is 8.18. The molecule has 0 amide bonds. The van der Waals surface area contributed by atoms with Gasteiger partial charge in [-0.1, -0.05) is 0 Å². The van der Waals surface area contributed by atoms with Crippen molar-refractivity contribution >= 4 is 11.5 Å². The van der Waals surface area contributed by atoms with Crippen LogP contribution in [0.25, 0.3) is 0 Å². The molecule has 0 aromatic carbocycles. The van der Waals surface area contributed by atoms with Crippen LogP contribution in [0.1, 0.15) is 35.9 Å². The summed E-state index contributed by atoms with van der Waals surface area (Å²) in [5, 5.41) is 3.62. The van der Waals surface area contributed by atoms with Crippen LogP contribution in [-0.2, 0) is 11.3 Å². The zero-order valence-electron chi connectivity index (χ0n) is 11.0. The number of nitrogens with zero attached hydrogens (tertiary/aromatic N) is 1. The normalized spacial score (nSPS) is 22.6. The minimum absolute atomic E-state index is 0.522. The highest BCUT2D eigenvalue weighted by Crippen LogP contribution is 2.20. The summed E-state index contributed by atoms with van der Waals surface area (Å²) < 4.78 is 9.92. The maximum atomic E-state index is 5.54. The van der Waals surface area contributed by atoms with Gasteiger partial charge >= 0.3 is 0 Å². The van der Waals surface area contributed by atoms with Gasteiger partial charge < -0.3 is 10.1 Å². The smallest absolute Gasteiger partial charge is 0.0558 e. The largest absolute Gasteiger partial charge is 0.381 e. The predicted molar refractivity (Wildman–Crippen MR) is 71.4 cm³/mol. The van der Waals surface area contributed by atoms with Crippen LogP contribution in [0.5, 0.6) is 0 Å². The van der Waals surface area contributed by atoms with E-state index in [1.165, 1.54) is 29.0 Å². The molecule has 1 aliphatic rings. The summed E-state index contributed by atoms with van der Waals surface area (Å²) in [6, 6.07) is 0.522. The highest BCUT2D eigenvalue weighted by Gasteiger charge is 2.20. The Labute approximate surface area is 108 Å². The number of hydrogen-bond acceptors (Lipinski definition) is 4. The molecule has 0 spiro atoms. The summed E-state index contributed by atoms with van der Waals surface area (Å²) in [5.41, 5.74) is 2.55. The molecule has 1 aliphatic heterocycles. The molecule has 96 valence electrons. The van der Waals surface area contributed by atoms with Crippen molar-refractivity contribution in [3.63, 3.8) is 0 Å². The van der Waals surface area contributed by atoms with Crippen LogP contribution in [-0.4, -0.2) is 23.6 Å². The molecule has 1 saturated heterocycles. The van der Waals surface area contributed by atoms with Crippen molar-refractivity contribution in [2.45, 2.75) is 46.2 Å². The van der Waals surface area contributed by atoms with Crippen LogP contribution in [0.3, 0.4) is 0 Å². The Morgan fingerprint density at radius 2 is 2.35 bits per heavy atom. The van der Waals surface area contributed by atoms with Gasteiger partial charge in [0.15, 0.2) is 0 Å². The van der Waals surface area contributed by atoms with Crippen molar-refractivity contribution in [2.24, 2.45) is 5.92 Å². The number of aromatic nitrogens is 1. The van der Waals surface area contributed by atoms with E-state index in [0.717, 1.165) is 19.8 Å². The summed E-state index contributed by atoms with van der Waals surface area (Å²) in [6.07, 6.45) is 2.49. The van der Waals surface area contributed by atoms with Gasteiger partial charge in [0.05, 0.1) is 12.3 Å². The molecular weight excluding hydrogens is 232 g/mol. The maximum Gasteiger partial charge on any atom is 0.0558 e. The second kappa shape index (κ2) is 5.94. The molecule has 1 aromatic heterocycles. The van der Waals surface area contributed by atoms with Gasteiger partial charge in [-0.05, 0) is 51.1 Å². The van der Waals surface area contributed by atoms with Gasteiger partial charge in [-0.25, -0.2) is 0 Å². The first-order valence-corrected chi connectivity index (χ1v) is 7.18. The number of ether oxygens (including phenoxy) is 1. The van der Waals surface area contributed by atoms with E-state index in [9.17, 15) is 0 Å². The highest BCUT2D eigenvalue weighted by molar-refractivity contribution is 7.05. The number of hydrogen-bond donors (Lipinski definition) is 1. The zero-order valence-corrected chi connectivity index (χ0v) is 11.8. The number of rotatable bonds is 4. The minimum atomic E-state index is 0.522. The average molecular weight is 254 g/mol. The van der Waals surface area contributed by atoms with Crippen LogP contribution in [0, 0.1) is 19.8 Å². The first-order valence-electron chi connectivity index (χ1n) is 6.41. The minimum Gasteiger partial charge on any atom is -0.381 e.